The first-order chi connectivity index (χ1) is 15.5. The number of amides is 1. The Bertz CT molecular complexity index is 1120. The lowest BCUT2D eigenvalue weighted by Gasteiger charge is -2.10. The highest BCUT2D eigenvalue weighted by atomic mass is 79.9. The topological polar surface area (TPSA) is 69.2 Å². The Kier molecular flexibility index (Phi) is 8.21. The van der Waals surface area contributed by atoms with E-state index in [1.165, 1.54) is 25.5 Å². The first-order valence-electron chi connectivity index (χ1n) is 9.81. The zero-order chi connectivity index (χ0) is 22.9. The fourth-order valence-electron chi connectivity index (χ4n) is 2.82. The van der Waals surface area contributed by atoms with E-state index in [9.17, 15) is 9.18 Å². The molecule has 0 fully saturated rings. The summed E-state index contributed by atoms with van der Waals surface area (Å²) in [5, 5.41) is 4.01. The number of nitrogens with zero attached hydrogens (tertiary/aromatic N) is 1. The Morgan fingerprint density at radius 3 is 2.59 bits per heavy atom. The number of hydrogen-bond acceptors (Lipinski definition) is 5. The zero-order valence-electron chi connectivity index (χ0n) is 17.6. The molecule has 0 heterocycles. The predicted octanol–water partition coefficient (Wildman–Crippen LogP) is 5.34. The number of ether oxygens (including phenoxy) is 3. The van der Waals surface area contributed by atoms with Crippen molar-refractivity contribution in [3.05, 3.63) is 87.6 Å². The van der Waals surface area contributed by atoms with Crippen molar-refractivity contribution in [3.8, 4) is 17.2 Å². The normalized spacial score (nSPS) is 10.8. The first-order valence-corrected chi connectivity index (χ1v) is 10.6. The molecule has 3 aromatic rings. The largest absolute Gasteiger partial charge is 0.493 e. The fraction of sp³-hybridized carbons (Fsp3) is 0.167. The lowest BCUT2D eigenvalue weighted by Crippen LogP contribution is -2.17. The molecule has 0 saturated heterocycles. The van der Waals surface area contributed by atoms with Gasteiger partial charge in [-0.05, 0) is 82.5 Å². The van der Waals surface area contributed by atoms with Crippen LogP contribution in [0.4, 0.5) is 4.39 Å². The van der Waals surface area contributed by atoms with Crippen molar-refractivity contribution in [2.24, 2.45) is 5.10 Å². The Labute approximate surface area is 194 Å². The van der Waals surface area contributed by atoms with Gasteiger partial charge < -0.3 is 14.2 Å². The maximum absolute atomic E-state index is 13.3. The van der Waals surface area contributed by atoms with Crippen molar-refractivity contribution in [1.82, 2.24) is 5.43 Å². The van der Waals surface area contributed by atoms with Crippen LogP contribution >= 0.6 is 15.9 Å². The number of nitrogens with one attached hydrogen (secondary N) is 1. The van der Waals surface area contributed by atoms with Crippen molar-refractivity contribution in [2.45, 2.75) is 13.5 Å². The van der Waals surface area contributed by atoms with Crippen molar-refractivity contribution < 1.29 is 23.4 Å². The van der Waals surface area contributed by atoms with Crippen molar-refractivity contribution in [3.63, 3.8) is 0 Å². The number of carbonyl (C=O) groups is 1. The number of hydrogen-bond donors (Lipinski definition) is 1. The predicted molar refractivity (Wildman–Crippen MR) is 124 cm³/mol. The number of carbonyl (C=O) groups excluding carboxylic acids is 1. The molecule has 0 aliphatic heterocycles. The van der Waals surface area contributed by atoms with Crippen LogP contribution in [0.15, 0.2) is 70.2 Å². The van der Waals surface area contributed by atoms with Gasteiger partial charge in [0.2, 0.25) is 0 Å². The fourth-order valence-corrected chi connectivity index (χ4v) is 3.33. The van der Waals surface area contributed by atoms with Crippen LogP contribution in [0.5, 0.6) is 17.2 Å². The molecule has 0 atom stereocenters. The summed E-state index contributed by atoms with van der Waals surface area (Å²) in [4.78, 5) is 12.4. The van der Waals surface area contributed by atoms with Crippen molar-refractivity contribution in [1.29, 1.82) is 0 Å². The van der Waals surface area contributed by atoms with E-state index in [4.69, 9.17) is 14.2 Å². The molecule has 0 spiro atoms. The van der Waals surface area contributed by atoms with E-state index in [-0.39, 0.29) is 18.3 Å². The highest BCUT2D eigenvalue weighted by Crippen LogP contribution is 2.28. The molecule has 1 amide bonds. The molecule has 0 aliphatic rings. The lowest BCUT2D eigenvalue weighted by atomic mass is 10.2. The van der Waals surface area contributed by atoms with Gasteiger partial charge in [-0.2, -0.15) is 5.10 Å². The summed E-state index contributed by atoms with van der Waals surface area (Å²) in [7, 11) is 1.54. The summed E-state index contributed by atoms with van der Waals surface area (Å²) in [6.07, 6.45) is 1.52. The van der Waals surface area contributed by atoms with Gasteiger partial charge in [0.15, 0.2) is 11.5 Å². The van der Waals surface area contributed by atoms with E-state index in [0.717, 1.165) is 11.1 Å². The molecule has 0 radical (unpaired) electrons. The average molecular weight is 501 g/mol. The van der Waals surface area contributed by atoms with Gasteiger partial charge in [-0.3, -0.25) is 4.79 Å². The summed E-state index contributed by atoms with van der Waals surface area (Å²) >= 11 is 3.46. The van der Waals surface area contributed by atoms with Crippen LogP contribution in [0.2, 0.25) is 0 Å². The number of benzene rings is 3. The van der Waals surface area contributed by atoms with Gasteiger partial charge >= 0.3 is 0 Å². The maximum atomic E-state index is 13.3. The SMILES string of the molecule is CCOc1cc(C(=O)N/N=C/c2ccc(OCc3cccc(F)c3)c(Br)c2)ccc1OC. The highest BCUT2D eigenvalue weighted by molar-refractivity contribution is 9.10. The summed E-state index contributed by atoms with van der Waals surface area (Å²) in [5.41, 5.74) is 4.37. The van der Waals surface area contributed by atoms with E-state index < -0.39 is 0 Å². The lowest BCUT2D eigenvalue weighted by molar-refractivity contribution is 0.0954. The molecule has 166 valence electrons. The first kappa shape index (κ1) is 23.3. The monoisotopic (exact) mass is 500 g/mol. The third-order valence-electron chi connectivity index (χ3n) is 4.34. The van der Waals surface area contributed by atoms with Crippen LogP contribution in [-0.2, 0) is 6.61 Å². The van der Waals surface area contributed by atoms with Crippen LogP contribution in [0, 0.1) is 5.82 Å². The summed E-state index contributed by atoms with van der Waals surface area (Å²) < 4.78 is 30.4. The molecule has 0 saturated carbocycles. The van der Waals surface area contributed by atoms with Crippen molar-refractivity contribution in [2.75, 3.05) is 13.7 Å². The molecule has 0 aromatic heterocycles. The van der Waals surface area contributed by atoms with Crippen LogP contribution in [0.3, 0.4) is 0 Å². The second-order valence-corrected chi connectivity index (χ2v) is 7.46. The van der Waals surface area contributed by atoms with Gasteiger partial charge in [0, 0.05) is 5.56 Å². The van der Waals surface area contributed by atoms with Crippen LogP contribution in [0.25, 0.3) is 0 Å². The molecule has 0 bridgehead atoms. The third kappa shape index (κ3) is 6.31. The molecular formula is C24H22BrFN2O4. The maximum Gasteiger partial charge on any atom is 0.271 e. The molecule has 3 aromatic carbocycles. The van der Waals surface area contributed by atoms with E-state index in [1.54, 1.807) is 48.5 Å². The molecule has 1 N–H and O–H groups in total. The Morgan fingerprint density at radius 1 is 1.06 bits per heavy atom. The molecule has 0 aliphatic carbocycles. The molecule has 32 heavy (non-hydrogen) atoms. The van der Waals surface area contributed by atoms with Gasteiger partial charge in [-0.15, -0.1) is 0 Å². The number of methoxy groups -OCH3 is 1. The van der Waals surface area contributed by atoms with Gasteiger partial charge in [-0.25, -0.2) is 9.82 Å². The van der Waals surface area contributed by atoms with E-state index in [0.29, 0.717) is 33.9 Å². The minimum Gasteiger partial charge on any atom is -0.493 e. The molecular weight excluding hydrogens is 479 g/mol. The molecule has 0 unspecified atom stereocenters. The van der Waals surface area contributed by atoms with Crippen LogP contribution < -0.4 is 19.6 Å². The van der Waals surface area contributed by atoms with Gasteiger partial charge in [-0.1, -0.05) is 12.1 Å². The number of rotatable bonds is 9. The van der Waals surface area contributed by atoms with Gasteiger partial charge in [0.05, 0.1) is 24.4 Å². The molecule has 6 nitrogen and oxygen atoms in total. The van der Waals surface area contributed by atoms with Crippen LogP contribution in [0.1, 0.15) is 28.4 Å². The number of halogens is 2. The van der Waals surface area contributed by atoms with E-state index in [2.05, 4.69) is 26.5 Å². The van der Waals surface area contributed by atoms with Crippen molar-refractivity contribution >= 4 is 28.1 Å². The molecule has 3 rings (SSSR count). The Balaban J connectivity index is 1.60. The van der Waals surface area contributed by atoms with E-state index >= 15 is 0 Å². The minimum atomic E-state index is -0.376. The van der Waals surface area contributed by atoms with Crippen LogP contribution in [-0.4, -0.2) is 25.8 Å². The highest BCUT2D eigenvalue weighted by Gasteiger charge is 2.10. The number of hydrazone groups is 1. The summed E-state index contributed by atoms with van der Waals surface area (Å²) in [6.45, 7) is 2.55. The Morgan fingerprint density at radius 2 is 1.88 bits per heavy atom. The minimum absolute atomic E-state index is 0.242. The quantitative estimate of drug-likeness (QED) is 0.318. The van der Waals surface area contributed by atoms with E-state index in [1.807, 2.05) is 6.92 Å². The molecule has 8 heteroatoms. The van der Waals surface area contributed by atoms with Gasteiger partial charge in [0.1, 0.15) is 18.2 Å². The average Bonchev–Trinajstić information content (AvgIpc) is 2.78. The second kappa shape index (κ2) is 11.3. The van der Waals surface area contributed by atoms with Gasteiger partial charge in [0.25, 0.3) is 5.91 Å². The second-order valence-electron chi connectivity index (χ2n) is 6.61. The Hall–Kier alpha value is -3.39. The third-order valence-corrected chi connectivity index (χ3v) is 4.96. The standard InChI is InChI=1S/C24H22BrFN2O4/c1-3-31-23-13-18(8-10-22(23)30-2)24(29)28-27-14-16-7-9-21(20(25)12-16)32-15-17-5-4-6-19(26)11-17/h4-14H,3,15H2,1-2H3,(H,28,29)/b27-14+. The smallest absolute Gasteiger partial charge is 0.271 e. The summed E-state index contributed by atoms with van der Waals surface area (Å²) in [5.74, 6) is 0.972. The summed E-state index contributed by atoms with van der Waals surface area (Å²) in [6, 6.07) is 16.5. The zero-order valence-corrected chi connectivity index (χ0v) is 19.2.